The van der Waals surface area contributed by atoms with Crippen molar-refractivity contribution in [2.45, 2.75) is 51.1 Å². The molecule has 0 spiro atoms. The van der Waals surface area contributed by atoms with Gasteiger partial charge >= 0.3 is 0 Å². The molecule has 146 valence electrons. The molecule has 2 atom stereocenters. The fourth-order valence-electron chi connectivity index (χ4n) is 4.61. The lowest BCUT2D eigenvalue weighted by Crippen LogP contribution is -2.44. The van der Waals surface area contributed by atoms with Crippen molar-refractivity contribution in [3.63, 3.8) is 0 Å². The summed E-state index contributed by atoms with van der Waals surface area (Å²) in [7, 11) is 0. The van der Waals surface area contributed by atoms with E-state index in [1.807, 2.05) is 6.20 Å². The molecular weight excluding hydrogens is 342 g/mol. The van der Waals surface area contributed by atoms with Crippen LogP contribution in [0.5, 0.6) is 0 Å². The number of benzene rings is 2. The smallest absolute Gasteiger partial charge is 0.140 e. The maximum atomic E-state index is 4.67. The van der Waals surface area contributed by atoms with Gasteiger partial charge in [0.05, 0.1) is 0 Å². The zero-order chi connectivity index (χ0) is 19.2. The van der Waals surface area contributed by atoms with Crippen LogP contribution in [0.4, 0.5) is 0 Å². The Balaban J connectivity index is 1.45. The highest BCUT2D eigenvalue weighted by Crippen LogP contribution is 2.30. The number of hydrogen-bond acceptors (Lipinski definition) is 2. The average Bonchev–Trinajstić information content (AvgIpc) is 3.25. The summed E-state index contributed by atoms with van der Waals surface area (Å²) in [5.74, 6) is 1.09. The minimum absolute atomic E-state index is 0.426. The molecule has 2 aromatic carbocycles. The third-order valence-electron chi connectivity index (χ3n) is 6.11. The Labute approximate surface area is 169 Å². The van der Waals surface area contributed by atoms with Crippen LogP contribution in [0.25, 0.3) is 11.4 Å². The zero-order valence-corrected chi connectivity index (χ0v) is 16.9. The minimum atomic E-state index is 0.426. The lowest BCUT2D eigenvalue weighted by molar-refractivity contribution is 0.108. The van der Waals surface area contributed by atoms with Crippen molar-refractivity contribution >= 4 is 0 Å². The molecule has 4 rings (SSSR count). The predicted octanol–water partition coefficient (Wildman–Crippen LogP) is 5.60. The lowest BCUT2D eigenvalue weighted by Gasteiger charge is -2.40. The van der Waals surface area contributed by atoms with Gasteiger partial charge in [0.25, 0.3) is 0 Å². The van der Waals surface area contributed by atoms with Gasteiger partial charge in [-0.15, -0.1) is 0 Å². The number of likely N-dealkylation sites (tertiary alicyclic amines) is 1. The molecule has 2 unspecified atom stereocenters. The van der Waals surface area contributed by atoms with Gasteiger partial charge in [0.2, 0.25) is 0 Å². The number of imidazole rings is 1. The van der Waals surface area contributed by atoms with Crippen LogP contribution >= 0.6 is 0 Å². The molecule has 1 aliphatic heterocycles. The molecule has 0 bridgehead atoms. The van der Waals surface area contributed by atoms with E-state index in [4.69, 9.17) is 0 Å². The van der Waals surface area contributed by atoms with E-state index in [-0.39, 0.29) is 0 Å². The molecule has 0 radical (unpaired) electrons. The largest absolute Gasteiger partial charge is 0.327 e. The van der Waals surface area contributed by atoms with Crippen LogP contribution in [0, 0.1) is 0 Å². The summed E-state index contributed by atoms with van der Waals surface area (Å²) in [4.78, 5) is 7.40. The van der Waals surface area contributed by atoms with E-state index in [0.29, 0.717) is 12.1 Å². The fraction of sp³-hybridized carbons (Fsp3) is 0.400. The summed E-state index contributed by atoms with van der Waals surface area (Å²) in [6.45, 7) is 4.77. The predicted molar refractivity (Wildman–Crippen MR) is 116 cm³/mol. The van der Waals surface area contributed by atoms with Crippen molar-refractivity contribution < 1.29 is 0 Å². The van der Waals surface area contributed by atoms with Gasteiger partial charge in [0.1, 0.15) is 5.82 Å². The fourth-order valence-corrected chi connectivity index (χ4v) is 4.61. The number of piperidine rings is 1. The second-order valence-electron chi connectivity index (χ2n) is 7.95. The van der Waals surface area contributed by atoms with Crippen LogP contribution < -0.4 is 0 Å². The van der Waals surface area contributed by atoms with Gasteiger partial charge in [-0.25, -0.2) is 4.98 Å². The quantitative estimate of drug-likeness (QED) is 0.537. The van der Waals surface area contributed by atoms with Crippen LogP contribution in [-0.4, -0.2) is 33.6 Å². The molecule has 1 fully saturated rings. The summed E-state index contributed by atoms with van der Waals surface area (Å²) >= 11 is 0. The normalized spacial score (nSPS) is 18.8. The number of hydrogen-bond donors (Lipinski definition) is 0. The monoisotopic (exact) mass is 373 g/mol. The highest BCUT2D eigenvalue weighted by atomic mass is 15.2. The third-order valence-corrected chi connectivity index (χ3v) is 6.11. The van der Waals surface area contributed by atoms with Crippen molar-refractivity contribution in [1.29, 1.82) is 0 Å². The summed E-state index contributed by atoms with van der Waals surface area (Å²) in [6.07, 6.45) is 10.4. The summed E-state index contributed by atoms with van der Waals surface area (Å²) < 4.78 is 2.38. The van der Waals surface area contributed by atoms with E-state index in [0.717, 1.165) is 5.82 Å². The summed E-state index contributed by atoms with van der Waals surface area (Å²) in [6, 6.07) is 22.4. The first-order valence-corrected chi connectivity index (χ1v) is 10.7. The molecule has 2 heterocycles. The molecule has 1 aliphatic rings. The number of aromatic nitrogens is 2. The molecule has 3 aromatic rings. The maximum absolute atomic E-state index is 4.67. The van der Waals surface area contributed by atoms with Crippen molar-refractivity contribution in [3.8, 4) is 11.4 Å². The van der Waals surface area contributed by atoms with Crippen molar-refractivity contribution in [2.24, 2.45) is 0 Å². The summed E-state index contributed by atoms with van der Waals surface area (Å²) in [5, 5.41) is 0. The van der Waals surface area contributed by atoms with Crippen LogP contribution in [0.2, 0.25) is 0 Å². The van der Waals surface area contributed by atoms with Gasteiger partial charge in [0.15, 0.2) is 0 Å². The Morgan fingerprint density at radius 1 is 1.00 bits per heavy atom. The van der Waals surface area contributed by atoms with E-state index in [9.17, 15) is 0 Å². The van der Waals surface area contributed by atoms with E-state index < -0.39 is 0 Å². The second-order valence-corrected chi connectivity index (χ2v) is 7.95. The van der Waals surface area contributed by atoms with Crippen LogP contribution in [-0.2, 0) is 6.42 Å². The second kappa shape index (κ2) is 9.20. The Hall–Kier alpha value is -2.39. The SMILES string of the molecule is CC(C1CCCCN1CCCc1ccccc1)n1ccnc1-c1ccccc1. The minimum Gasteiger partial charge on any atom is -0.327 e. The van der Waals surface area contributed by atoms with Crippen LogP contribution in [0.1, 0.15) is 44.2 Å². The standard InChI is InChI=1S/C25H31N3/c1-21(28-20-17-26-25(28)23-14-6-3-7-15-23)24-16-8-9-18-27(24)19-10-13-22-11-4-2-5-12-22/h2-7,11-12,14-15,17,20-21,24H,8-10,13,16,18-19H2,1H3. The molecule has 28 heavy (non-hydrogen) atoms. The molecule has 0 aliphatic carbocycles. The van der Waals surface area contributed by atoms with Gasteiger partial charge < -0.3 is 4.57 Å². The zero-order valence-electron chi connectivity index (χ0n) is 16.9. The number of aryl methyl sites for hydroxylation is 1. The topological polar surface area (TPSA) is 21.1 Å². The molecule has 0 amide bonds. The van der Waals surface area contributed by atoms with E-state index in [1.165, 1.54) is 56.3 Å². The lowest BCUT2D eigenvalue weighted by atomic mass is 9.95. The average molecular weight is 374 g/mol. The first-order chi connectivity index (χ1) is 13.8. The summed E-state index contributed by atoms with van der Waals surface area (Å²) in [5.41, 5.74) is 2.65. The Kier molecular flexibility index (Phi) is 6.23. The molecule has 1 saturated heterocycles. The highest BCUT2D eigenvalue weighted by Gasteiger charge is 2.29. The first kappa shape index (κ1) is 18.9. The molecule has 1 aromatic heterocycles. The van der Waals surface area contributed by atoms with Crippen LogP contribution in [0.15, 0.2) is 73.1 Å². The molecule has 0 saturated carbocycles. The maximum Gasteiger partial charge on any atom is 0.140 e. The van der Waals surface area contributed by atoms with Gasteiger partial charge in [-0.1, -0.05) is 67.1 Å². The van der Waals surface area contributed by atoms with Gasteiger partial charge in [-0.05, 0) is 51.3 Å². The Morgan fingerprint density at radius 2 is 1.75 bits per heavy atom. The number of rotatable bonds is 7. The molecular formula is C25H31N3. The van der Waals surface area contributed by atoms with E-state index in [2.05, 4.69) is 88.2 Å². The van der Waals surface area contributed by atoms with Crippen LogP contribution in [0.3, 0.4) is 0 Å². The number of nitrogens with zero attached hydrogens (tertiary/aromatic N) is 3. The van der Waals surface area contributed by atoms with Gasteiger partial charge in [-0.2, -0.15) is 0 Å². The van der Waals surface area contributed by atoms with Gasteiger partial charge in [-0.3, -0.25) is 4.90 Å². The van der Waals surface area contributed by atoms with Gasteiger partial charge in [0, 0.05) is 30.0 Å². The van der Waals surface area contributed by atoms with Crippen molar-refractivity contribution in [2.75, 3.05) is 13.1 Å². The first-order valence-electron chi connectivity index (χ1n) is 10.7. The van der Waals surface area contributed by atoms with E-state index in [1.54, 1.807) is 0 Å². The van der Waals surface area contributed by atoms with Crippen molar-refractivity contribution in [3.05, 3.63) is 78.6 Å². The molecule has 0 N–H and O–H groups in total. The highest BCUT2D eigenvalue weighted by molar-refractivity contribution is 5.55. The van der Waals surface area contributed by atoms with Crippen molar-refractivity contribution in [1.82, 2.24) is 14.5 Å². The Morgan fingerprint density at radius 3 is 2.54 bits per heavy atom. The van der Waals surface area contributed by atoms with E-state index >= 15 is 0 Å². The molecule has 3 nitrogen and oxygen atoms in total. The molecule has 3 heteroatoms. The Bertz CT molecular complexity index is 840. The third kappa shape index (κ3) is 4.36.